The number of nitrogens with one attached hydrogen (secondary N) is 1. The van der Waals surface area contributed by atoms with Gasteiger partial charge in [-0.1, -0.05) is 26.0 Å². The maximum absolute atomic E-state index is 12.6. The molecule has 0 heterocycles. The Balaban J connectivity index is 2.78. The summed E-state index contributed by atoms with van der Waals surface area (Å²) >= 11 is 1.58. The molecule has 0 aliphatic heterocycles. The number of carbonyl (C=O) groups is 1. The van der Waals surface area contributed by atoms with Crippen LogP contribution in [0, 0.1) is 23.2 Å². The van der Waals surface area contributed by atoms with Gasteiger partial charge >= 0.3 is 6.03 Å². The monoisotopic (exact) mass is 349 g/mol. The largest absolute Gasteiger partial charge is 0.383 e. The molecule has 0 fully saturated rings. The first-order valence-corrected chi connectivity index (χ1v) is 9.12. The van der Waals surface area contributed by atoms with E-state index >= 15 is 0 Å². The van der Waals surface area contributed by atoms with Crippen molar-refractivity contribution < 1.29 is 9.53 Å². The summed E-state index contributed by atoms with van der Waals surface area (Å²) in [6, 6.07) is 9.79. The van der Waals surface area contributed by atoms with Crippen molar-refractivity contribution in [3.63, 3.8) is 0 Å². The molecule has 1 rings (SSSR count). The molecule has 0 aromatic heterocycles. The molecule has 1 atom stereocenters. The molecule has 0 aliphatic carbocycles. The van der Waals surface area contributed by atoms with E-state index in [4.69, 9.17) is 10.00 Å². The molecule has 0 radical (unpaired) electrons. The average molecular weight is 350 g/mol. The van der Waals surface area contributed by atoms with Crippen LogP contribution in [0.1, 0.15) is 20.8 Å². The first kappa shape index (κ1) is 20.3. The lowest BCUT2D eigenvalue weighted by Gasteiger charge is -2.25. The lowest BCUT2D eigenvalue weighted by molar-refractivity contribution is 0.150. The summed E-state index contributed by atoms with van der Waals surface area (Å²) in [5.41, 5.74) is 0.781. The van der Waals surface area contributed by atoms with Crippen LogP contribution < -0.4 is 5.32 Å². The van der Waals surface area contributed by atoms with E-state index in [2.05, 4.69) is 25.2 Å². The number of ether oxygens (including phenoxy) is 1. The van der Waals surface area contributed by atoms with E-state index < -0.39 is 0 Å². The van der Waals surface area contributed by atoms with Crippen molar-refractivity contribution in [3.05, 3.63) is 24.3 Å². The lowest BCUT2D eigenvalue weighted by atomic mass is 10.2. The number of anilines is 1. The minimum atomic E-state index is -0.123. The van der Waals surface area contributed by atoms with Gasteiger partial charge in [0, 0.05) is 30.8 Å². The molecular weight excluding hydrogens is 322 g/mol. The number of nitriles is 1. The molecular formula is C18H27N3O2S. The van der Waals surface area contributed by atoms with Crippen molar-refractivity contribution in [3.8, 4) is 6.07 Å². The van der Waals surface area contributed by atoms with Crippen LogP contribution in [-0.4, -0.2) is 43.5 Å². The maximum atomic E-state index is 12.6. The molecule has 0 bridgehead atoms. The first-order chi connectivity index (χ1) is 11.5. The number of nitrogens with zero attached hydrogens (tertiary/aromatic N) is 2. The first-order valence-electron chi connectivity index (χ1n) is 8.14. The quantitative estimate of drug-likeness (QED) is 0.682. The number of benzene rings is 1. The van der Waals surface area contributed by atoms with E-state index in [0.717, 1.165) is 10.6 Å². The third-order valence-corrected chi connectivity index (χ3v) is 4.61. The molecule has 0 saturated heterocycles. The number of urea groups is 1. The lowest BCUT2D eigenvalue weighted by Crippen LogP contribution is -2.39. The molecule has 0 spiro atoms. The van der Waals surface area contributed by atoms with Gasteiger partial charge in [0.25, 0.3) is 0 Å². The van der Waals surface area contributed by atoms with Crippen LogP contribution >= 0.6 is 11.8 Å². The minimum absolute atomic E-state index is 0.0297. The number of para-hydroxylation sites is 1. The number of hydrogen-bond donors (Lipinski definition) is 1. The van der Waals surface area contributed by atoms with Crippen molar-refractivity contribution in [2.75, 3.05) is 37.9 Å². The van der Waals surface area contributed by atoms with Gasteiger partial charge in [-0.2, -0.15) is 5.26 Å². The predicted molar refractivity (Wildman–Crippen MR) is 99.2 cm³/mol. The van der Waals surface area contributed by atoms with E-state index in [-0.39, 0.29) is 11.9 Å². The number of rotatable bonds is 9. The van der Waals surface area contributed by atoms with Gasteiger partial charge in [0.1, 0.15) is 0 Å². The molecule has 0 aliphatic rings. The minimum Gasteiger partial charge on any atom is -0.383 e. The Hall–Kier alpha value is -1.71. The van der Waals surface area contributed by atoms with Crippen molar-refractivity contribution in [2.24, 2.45) is 11.8 Å². The van der Waals surface area contributed by atoms with Gasteiger partial charge in [-0.3, -0.25) is 0 Å². The number of methoxy groups -OCH3 is 1. The second-order valence-corrected chi connectivity index (χ2v) is 7.16. The van der Waals surface area contributed by atoms with Crippen molar-refractivity contribution >= 4 is 23.5 Å². The van der Waals surface area contributed by atoms with Gasteiger partial charge in [0.15, 0.2) is 0 Å². The third kappa shape index (κ3) is 7.24. The van der Waals surface area contributed by atoms with Crippen molar-refractivity contribution in [1.82, 2.24) is 4.90 Å². The van der Waals surface area contributed by atoms with E-state index in [1.165, 1.54) is 0 Å². The number of carbonyl (C=O) groups excluding carboxylic acids is 1. The molecule has 24 heavy (non-hydrogen) atoms. The third-order valence-electron chi connectivity index (χ3n) is 3.28. The van der Waals surface area contributed by atoms with E-state index in [1.54, 1.807) is 23.8 Å². The van der Waals surface area contributed by atoms with E-state index in [9.17, 15) is 4.79 Å². The van der Waals surface area contributed by atoms with Crippen LogP contribution in [0.15, 0.2) is 29.2 Å². The molecule has 1 unspecified atom stereocenters. The fourth-order valence-corrected chi connectivity index (χ4v) is 3.01. The van der Waals surface area contributed by atoms with Crippen molar-refractivity contribution in [1.29, 1.82) is 5.26 Å². The van der Waals surface area contributed by atoms with Crippen molar-refractivity contribution in [2.45, 2.75) is 25.7 Å². The molecule has 1 aromatic carbocycles. The number of thioether (sulfide) groups is 1. The van der Waals surface area contributed by atoms with Crippen LogP contribution in [0.25, 0.3) is 0 Å². The zero-order valence-electron chi connectivity index (χ0n) is 14.9. The molecule has 5 nitrogen and oxygen atoms in total. The van der Waals surface area contributed by atoms with Gasteiger partial charge in [-0.25, -0.2) is 4.79 Å². The van der Waals surface area contributed by atoms with Gasteiger partial charge in [0.05, 0.1) is 24.3 Å². The van der Waals surface area contributed by atoms with Gasteiger partial charge in [-0.05, 0) is 25.0 Å². The second kappa shape index (κ2) is 11.0. The Bertz CT molecular complexity index is 557. The van der Waals surface area contributed by atoms with Crippen LogP contribution in [0.3, 0.4) is 0 Å². The highest BCUT2D eigenvalue weighted by Crippen LogP contribution is 2.28. The molecule has 6 heteroatoms. The number of hydrogen-bond acceptors (Lipinski definition) is 4. The highest BCUT2D eigenvalue weighted by Gasteiger charge is 2.16. The SMILES string of the molecule is COCCN(CC(C)C)C(=O)Nc1ccccc1SCC(C)C#N. The van der Waals surface area contributed by atoms with E-state index in [0.29, 0.717) is 31.4 Å². The summed E-state index contributed by atoms with van der Waals surface area (Å²) in [6.07, 6.45) is 0. The summed E-state index contributed by atoms with van der Waals surface area (Å²) in [5, 5.41) is 11.9. The van der Waals surface area contributed by atoms with E-state index in [1.807, 2.05) is 31.2 Å². The Morgan fingerprint density at radius 1 is 1.38 bits per heavy atom. The van der Waals surface area contributed by atoms with Gasteiger partial charge in [-0.15, -0.1) is 11.8 Å². The van der Waals surface area contributed by atoms with Gasteiger partial charge < -0.3 is 15.0 Å². The fourth-order valence-electron chi connectivity index (χ4n) is 2.06. The summed E-state index contributed by atoms with van der Waals surface area (Å²) in [5.74, 6) is 1.05. The molecule has 0 saturated carbocycles. The van der Waals surface area contributed by atoms with Crippen LogP contribution in [0.5, 0.6) is 0 Å². The highest BCUT2D eigenvalue weighted by atomic mass is 32.2. The standard InChI is InChI=1S/C18H27N3O2S/c1-14(2)12-21(9-10-23-4)18(22)20-16-7-5-6-8-17(16)24-13-15(3)11-19/h5-8,14-15H,9-10,12-13H2,1-4H3,(H,20,22). The average Bonchev–Trinajstić information content (AvgIpc) is 2.57. The molecule has 132 valence electrons. The Kier molecular flexibility index (Phi) is 9.28. The molecule has 1 aromatic rings. The zero-order chi connectivity index (χ0) is 17.9. The summed E-state index contributed by atoms with van der Waals surface area (Å²) < 4.78 is 5.10. The Morgan fingerprint density at radius 2 is 2.08 bits per heavy atom. The van der Waals surface area contributed by atoms with Gasteiger partial charge in [0.2, 0.25) is 0 Å². The maximum Gasteiger partial charge on any atom is 0.321 e. The molecule has 1 N–H and O–H groups in total. The fraction of sp³-hybridized carbons (Fsp3) is 0.556. The summed E-state index contributed by atoms with van der Waals surface area (Å²) in [6.45, 7) is 7.80. The highest BCUT2D eigenvalue weighted by molar-refractivity contribution is 7.99. The number of amides is 2. The molecule has 2 amide bonds. The topological polar surface area (TPSA) is 65.4 Å². The zero-order valence-corrected chi connectivity index (χ0v) is 15.7. The summed E-state index contributed by atoms with van der Waals surface area (Å²) in [7, 11) is 1.63. The second-order valence-electron chi connectivity index (χ2n) is 6.10. The van der Waals surface area contributed by atoms with Crippen LogP contribution in [0.2, 0.25) is 0 Å². The smallest absolute Gasteiger partial charge is 0.321 e. The Morgan fingerprint density at radius 3 is 2.71 bits per heavy atom. The van der Waals surface area contributed by atoms with Crippen LogP contribution in [-0.2, 0) is 4.74 Å². The normalized spacial score (nSPS) is 11.8. The predicted octanol–water partition coefficient (Wildman–Crippen LogP) is 4.07. The summed E-state index contributed by atoms with van der Waals surface area (Å²) in [4.78, 5) is 15.3. The van der Waals surface area contributed by atoms with Crippen LogP contribution in [0.4, 0.5) is 10.5 Å². The Labute approximate surface area is 149 Å².